The average Bonchev–Trinajstić information content (AvgIpc) is 3.57. The summed E-state index contributed by atoms with van der Waals surface area (Å²) < 4.78 is 25.5. The van der Waals surface area contributed by atoms with Crippen LogP contribution in [0.5, 0.6) is 0 Å². The Morgan fingerprint density at radius 3 is 2.56 bits per heavy atom. The summed E-state index contributed by atoms with van der Waals surface area (Å²) in [5, 5.41) is 28.4. The van der Waals surface area contributed by atoms with E-state index in [1.54, 1.807) is 44.4 Å². The van der Waals surface area contributed by atoms with E-state index in [1.807, 2.05) is 6.08 Å². The molecule has 1 fully saturated rings. The molecule has 2 aromatic rings. The van der Waals surface area contributed by atoms with Crippen LogP contribution in [0.4, 0.5) is 10.8 Å². The molecule has 6 N–H and O–H groups in total. The van der Waals surface area contributed by atoms with Crippen molar-refractivity contribution in [3.8, 4) is 0 Å². The molecule has 0 bridgehead atoms. The van der Waals surface area contributed by atoms with Crippen molar-refractivity contribution in [3.05, 3.63) is 47.8 Å². The number of carbonyl (C=O) groups is 2. The smallest absolute Gasteiger partial charge is 0.255 e. The van der Waals surface area contributed by atoms with E-state index in [2.05, 4.69) is 38.2 Å². The second kappa shape index (κ2) is 13.4. The van der Waals surface area contributed by atoms with Crippen LogP contribution in [0.2, 0.25) is 0 Å². The fourth-order valence-electron chi connectivity index (χ4n) is 4.22. The summed E-state index contributed by atoms with van der Waals surface area (Å²) in [7, 11) is -2.01. The number of carbonyl (C=O) groups excluding carboxylic acids is 2. The summed E-state index contributed by atoms with van der Waals surface area (Å²) in [5.41, 5.74) is 1.67. The van der Waals surface area contributed by atoms with Gasteiger partial charge in [0.05, 0.1) is 23.5 Å². The van der Waals surface area contributed by atoms with E-state index in [9.17, 15) is 28.2 Å². The van der Waals surface area contributed by atoms with E-state index in [-0.39, 0.29) is 16.4 Å². The van der Waals surface area contributed by atoms with Gasteiger partial charge in [-0.15, -0.1) is 0 Å². The number of aromatic nitrogens is 1. The van der Waals surface area contributed by atoms with Gasteiger partial charge < -0.3 is 25.7 Å². The van der Waals surface area contributed by atoms with Gasteiger partial charge in [0.15, 0.2) is 27.2 Å². The van der Waals surface area contributed by atoms with Crippen molar-refractivity contribution < 1.29 is 28.2 Å². The second-order valence-corrected chi connectivity index (χ2v) is 13.2. The minimum absolute atomic E-state index is 0.0305. The minimum atomic E-state index is -3.62. The third-order valence-corrected chi connectivity index (χ3v) is 9.68. The molecule has 1 saturated heterocycles. The first-order valence-electron chi connectivity index (χ1n) is 12.1. The number of allylic oxidation sites excluding steroid dienone is 1. The monoisotopic (exact) mass is 692 g/mol. The number of rotatable bonds is 11. The highest BCUT2D eigenvalue weighted by molar-refractivity contribution is 14.1. The number of alkyl halides is 1. The number of hydrazine groups is 1. The Morgan fingerprint density at radius 1 is 1.31 bits per heavy atom. The Hall–Kier alpha value is -2.31. The summed E-state index contributed by atoms with van der Waals surface area (Å²) in [4.78, 5) is 31.5. The number of sulfone groups is 1. The van der Waals surface area contributed by atoms with Crippen LogP contribution >= 0.6 is 33.9 Å². The number of hydrogen-bond acceptors (Lipinski definition) is 11. The molecule has 15 heteroatoms. The van der Waals surface area contributed by atoms with Gasteiger partial charge in [0.2, 0.25) is 0 Å². The molecular formula is C24H33IN6O6S2. The highest BCUT2D eigenvalue weighted by Gasteiger charge is 2.41. The molecule has 1 aliphatic rings. The van der Waals surface area contributed by atoms with Crippen molar-refractivity contribution in [1.29, 1.82) is 0 Å². The van der Waals surface area contributed by atoms with Gasteiger partial charge in [-0.05, 0) is 37.5 Å². The number of nitrogens with one attached hydrogen (secondary N) is 2. The van der Waals surface area contributed by atoms with Crippen molar-refractivity contribution in [1.82, 2.24) is 15.2 Å². The lowest BCUT2D eigenvalue weighted by molar-refractivity contribution is -0.154. The van der Waals surface area contributed by atoms with E-state index < -0.39 is 45.9 Å². The van der Waals surface area contributed by atoms with Gasteiger partial charge in [0.25, 0.3) is 11.8 Å². The number of halogens is 1. The molecule has 1 aliphatic heterocycles. The molecule has 0 saturated carbocycles. The van der Waals surface area contributed by atoms with Crippen LogP contribution in [0.3, 0.4) is 0 Å². The SMILES string of the molecule is CNc1nc([C@H]2CCCN2C(=O)[C@H](O)[C@@H](O)C(=O)N[C@H](C)c2ccc(N(N)/C=C\CI)cc2)c(S(C)(=O)=O)s1. The van der Waals surface area contributed by atoms with E-state index >= 15 is 0 Å². The van der Waals surface area contributed by atoms with Crippen molar-refractivity contribution in [3.63, 3.8) is 0 Å². The summed E-state index contributed by atoms with van der Waals surface area (Å²) in [6.07, 6.45) is 1.60. The second-order valence-electron chi connectivity index (χ2n) is 9.06. The molecule has 0 aliphatic carbocycles. The number of nitrogens with zero attached hydrogens (tertiary/aromatic N) is 3. The molecule has 1 aromatic heterocycles. The predicted molar refractivity (Wildman–Crippen MR) is 158 cm³/mol. The summed E-state index contributed by atoms with van der Waals surface area (Å²) in [5.74, 6) is 4.17. The fraction of sp³-hybridized carbons (Fsp3) is 0.458. The van der Waals surface area contributed by atoms with E-state index in [0.29, 0.717) is 18.0 Å². The maximum Gasteiger partial charge on any atom is 0.255 e. The molecular weight excluding hydrogens is 659 g/mol. The molecule has 0 unspecified atom stereocenters. The quantitative estimate of drug-likeness (QED) is 0.100. The molecule has 2 heterocycles. The van der Waals surface area contributed by atoms with Crippen molar-refractivity contribution in [2.75, 3.05) is 34.6 Å². The molecule has 4 atom stereocenters. The Kier molecular flexibility index (Phi) is 10.7. The van der Waals surface area contributed by atoms with Crippen LogP contribution in [-0.4, -0.2) is 76.8 Å². The van der Waals surface area contributed by atoms with Gasteiger partial charge in [-0.3, -0.25) is 14.6 Å². The van der Waals surface area contributed by atoms with Crippen LogP contribution in [0.1, 0.15) is 43.1 Å². The molecule has 0 radical (unpaired) electrons. The highest BCUT2D eigenvalue weighted by atomic mass is 127. The number of likely N-dealkylation sites (tertiary alicyclic amines) is 1. The predicted octanol–water partition coefficient (Wildman–Crippen LogP) is 1.48. The van der Waals surface area contributed by atoms with Gasteiger partial charge >= 0.3 is 0 Å². The number of nitrogens with two attached hydrogens (primary N) is 1. The van der Waals surface area contributed by atoms with Gasteiger partial charge in [-0.25, -0.2) is 19.2 Å². The Bertz CT molecular complexity index is 1300. The molecule has 12 nitrogen and oxygen atoms in total. The molecule has 39 heavy (non-hydrogen) atoms. The van der Waals surface area contributed by atoms with E-state index in [0.717, 1.165) is 33.3 Å². The average molecular weight is 693 g/mol. The Labute approximate surface area is 245 Å². The van der Waals surface area contributed by atoms with E-state index in [1.165, 1.54) is 9.91 Å². The minimum Gasteiger partial charge on any atom is -0.380 e. The van der Waals surface area contributed by atoms with E-state index in [4.69, 9.17) is 5.84 Å². The van der Waals surface area contributed by atoms with Gasteiger partial charge in [0, 0.05) is 30.5 Å². The number of anilines is 2. The maximum absolute atomic E-state index is 13.2. The van der Waals surface area contributed by atoms with Crippen molar-refractivity contribution in [2.24, 2.45) is 5.84 Å². The lowest BCUT2D eigenvalue weighted by Gasteiger charge is -2.28. The molecule has 1 aromatic carbocycles. The van der Waals surface area contributed by atoms with Gasteiger partial charge in [0.1, 0.15) is 4.21 Å². The van der Waals surface area contributed by atoms with Crippen LogP contribution in [-0.2, 0) is 19.4 Å². The normalized spacial score (nSPS) is 18.1. The lowest BCUT2D eigenvalue weighted by atomic mass is 10.1. The largest absolute Gasteiger partial charge is 0.380 e. The van der Waals surface area contributed by atoms with Crippen LogP contribution in [0.25, 0.3) is 0 Å². The fourth-order valence-corrected chi connectivity index (χ4v) is 6.56. The van der Waals surface area contributed by atoms with Crippen molar-refractivity contribution >= 4 is 66.4 Å². The third kappa shape index (κ3) is 7.46. The first-order valence-corrected chi connectivity index (χ1v) is 16.3. The summed E-state index contributed by atoms with van der Waals surface area (Å²) in [6.45, 7) is 1.92. The zero-order valence-electron chi connectivity index (χ0n) is 21.7. The number of aliphatic hydroxyl groups excluding tert-OH is 2. The van der Waals surface area contributed by atoms with Gasteiger partial charge in [-0.2, -0.15) is 0 Å². The summed E-state index contributed by atoms with van der Waals surface area (Å²) in [6, 6.07) is 5.85. The molecule has 0 spiro atoms. The Morgan fingerprint density at radius 2 is 1.97 bits per heavy atom. The standard InChI is InChI=1S/C24H33IN6O6S2/c1-14(15-7-9-16(10-8-15)31(26)13-5-11-25)28-21(34)19(32)20(33)22(35)30-12-4-6-17(30)18-23(39(3,36)37)38-24(27-2)29-18/h5,7-10,13-14,17,19-20,32-33H,4,6,11-12,26H2,1-3H3,(H,27,29)(H,28,34)/b13-5-/t14-,17-,19-,20-/m1/s1. The van der Waals surface area contributed by atoms with Gasteiger partial charge in [-0.1, -0.05) is 52.1 Å². The zero-order chi connectivity index (χ0) is 28.9. The topological polar surface area (TPSA) is 178 Å². The number of thiazole rings is 1. The number of hydrogen-bond donors (Lipinski definition) is 5. The number of benzene rings is 1. The third-order valence-electron chi connectivity index (χ3n) is 6.25. The number of aliphatic hydroxyl groups is 2. The van der Waals surface area contributed by atoms with Crippen LogP contribution in [0.15, 0.2) is 40.8 Å². The lowest BCUT2D eigenvalue weighted by Crippen LogP contribution is -2.51. The van der Waals surface area contributed by atoms with Crippen molar-refractivity contribution in [2.45, 2.75) is 48.3 Å². The first-order chi connectivity index (χ1) is 18.4. The van der Waals surface area contributed by atoms with Crippen LogP contribution in [0, 0.1) is 0 Å². The Balaban J connectivity index is 1.69. The highest BCUT2D eigenvalue weighted by Crippen LogP contribution is 2.39. The van der Waals surface area contributed by atoms with Crippen LogP contribution < -0.4 is 21.5 Å². The molecule has 2 amide bonds. The maximum atomic E-state index is 13.2. The number of amides is 2. The zero-order valence-corrected chi connectivity index (χ0v) is 25.5. The molecule has 3 rings (SSSR count). The first kappa shape index (κ1) is 31.2. The summed E-state index contributed by atoms with van der Waals surface area (Å²) >= 11 is 3.16. The molecule has 214 valence electrons.